The lowest BCUT2D eigenvalue weighted by molar-refractivity contribution is 0.154. The fourth-order valence-electron chi connectivity index (χ4n) is 1.12. The standard InChI is InChI=1S/C10H16N2O/c1-12(2)7-5-10(13)9-4-3-6-11-8-9/h3-4,6,8,10,13H,5,7H2,1-2H3/t10-/m0/s1. The van der Waals surface area contributed by atoms with E-state index in [1.165, 1.54) is 0 Å². The van der Waals surface area contributed by atoms with Gasteiger partial charge in [-0.05, 0) is 32.1 Å². The molecule has 1 aromatic rings. The summed E-state index contributed by atoms with van der Waals surface area (Å²) in [5, 5.41) is 9.70. The summed E-state index contributed by atoms with van der Waals surface area (Å²) >= 11 is 0. The van der Waals surface area contributed by atoms with Crippen LogP contribution in [-0.4, -0.2) is 35.6 Å². The Hall–Kier alpha value is -0.930. The van der Waals surface area contributed by atoms with Gasteiger partial charge in [-0.1, -0.05) is 6.07 Å². The Balaban J connectivity index is 2.44. The average molecular weight is 180 g/mol. The Kier molecular flexibility index (Phi) is 3.86. The zero-order valence-electron chi connectivity index (χ0n) is 8.14. The van der Waals surface area contributed by atoms with Crippen molar-refractivity contribution in [2.75, 3.05) is 20.6 Å². The van der Waals surface area contributed by atoms with E-state index in [0.29, 0.717) is 0 Å². The van der Waals surface area contributed by atoms with Crippen LogP contribution in [0.4, 0.5) is 0 Å². The summed E-state index contributed by atoms with van der Waals surface area (Å²) in [6.07, 6.45) is 3.78. The molecule has 1 rings (SSSR count). The molecule has 0 aliphatic heterocycles. The number of rotatable bonds is 4. The molecule has 0 aliphatic rings. The van der Waals surface area contributed by atoms with Gasteiger partial charge in [-0.15, -0.1) is 0 Å². The first-order valence-corrected chi connectivity index (χ1v) is 4.43. The quantitative estimate of drug-likeness (QED) is 0.753. The lowest BCUT2D eigenvalue weighted by Crippen LogP contribution is -2.15. The van der Waals surface area contributed by atoms with Gasteiger partial charge in [-0.25, -0.2) is 0 Å². The van der Waals surface area contributed by atoms with Crippen molar-refractivity contribution in [1.29, 1.82) is 0 Å². The second-order valence-electron chi connectivity index (χ2n) is 3.39. The minimum absolute atomic E-state index is 0.393. The highest BCUT2D eigenvalue weighted by molar-refractivity contribution is 5.11. The molecule has 1 heterocycles. The average Bonchev–Trinajstić information content (AvgIpc) is 2.15. The van der Waals surface area contributed by atoms with E-state index < -0.39 is 6.10 Å². The second kappa shape index (κ2) is 4.94. The zero-order valence-corrected chi connectivity index (χ0v) is 8.14. The van der Waals surface area contributed by atoms with Gasteiger partial charge < -0.3 is 10.0 Å². The molecule has 13 heavy (non-hydrogen) atoms. The first kappa shape index (κ1) is 10.2. The van der Waals surface area contributed by atoms with Crippen molar-refractivity contribution in [2.45, 2.75) is 12.5 Å². The highest BCUT2D eigenvalue weighted by Gasteiger charge is 2.06. The fraction of sp³-hybridized carbons (Fsp3) is 0.500. The maximum Gasteiger partial charge on any atom is 0.0817 e. The van der Waals surface area contributed by atoms with Crippen molar-refractivity contribution in [3.8, 4) is 0 Å². The van der Waals surface area contributed by atoms with Crippen molar-refractivity contribution < 1.29 is 5.11 Å². The molecule has 1 N–H and O–H groups in total. The van der Waals surface area contributed by atoms with E-state index in [2.05, 4.69) is 9.88 Å². The molecule has 3 nitrogen and oxygen atoms in total. The first-order valence-electron chi connectivity index (χ1n) is 4.43. The van der Waals surface area contributed by atoms with Crippen LogP contribution in [0.3, 0.4) is 0 Å². The van der Waals surface area contributed by atoms with Gasteiger partial charge in [0.05, 0.1) is 6.10 Å². The van der Waals surface area contributed by atoms with Crippen molar-refractivity contribution in [3.05, 3.63) is 30.1 Å². The molecule has 72 valence electrons. The predicted octanol–water partition coefficient (Wildman–Crippen LogP) is 1.07. The van der Waals surface area contributed by atoms with Crippen LogP contribution in [0.5, 0.6) is 0 Å². The summed E-state index contributed by atoms with van der Waals surface area (Å²) in [4.78, 5) is 6.01. The molecule has 0 aliphatic carbocycles. The van der Waals surface area contributed by atoms with Gasteiger partial charge in [0, 0.05) is 18.9 Å². The van der Waals surface area contributed by atoms with Gasteiger partial charge in [-0.3, -0.25) is 4.98 Å². The largest absolute Gasteiger partial charge is 0.388 e. The van der Waals surface area contributed by atoms with E-state index in [1.807, 2.05) is 26.2 Å². The van der Waals surface area contributed by atoms with E-state index in [1.54, 1.807) is 12.4 Å². The van der Waals surface area contributed by atoms with E-state index in [9.17, 15) is 5.11 Å². The molecule has 0 amide bonds. The minimum atomic E-state index is -0.393. The van der Waals surface area contributed by atoms with Gasteiger partial charge in [0.15, 0.2) is 0 Å². The van der Waals surface area contributed by atoms with Gasteiger partial charge >= 0.3 is 0 Å². The lowest BCUT2D eigenvalue weighted by Gasteiger charge is -2.13. The van der Waals surface area contributed by atoms with Crippen molar-refractivity contribution in [1.82, 2.24) is 9.88 Å². The normalized spacial score (nSPS) is 13.2. The Morgan fingerprint density at radius 3 is 2.85 bits per heavy atom. The molecule has 0 unspecified atom stereocenters. The molecule has 0 saturated carbocycles. The number of hydrogen-bond acceptors (Lipinski definition) is 3. The molecule has 1 aromatic heterocycles. The van der Waals surface area contributed by atoms with Crippen LogP contribution in [0.15, 0.2) is 24.5 Å². The van der Waals surface area contributed by atoms with E-state index in [-0.39, 0.29) is 0 Å². The van der Waals surface area contributed by atoms with E-state index in [0.717, 1.165) is 18.5 Å². The maximum atomic E-state index is 9.70. The highest BCUT2D eigenvalue weighted by atomic mass is 16.3. The summed E-state index contributed by atoms with van der Waals surface area (Å²) in [6, 6.07) is 3.74. The molecular weight excluding hydrogens is 164 g/mol. The van der Waals surface area contributed by atoms with E-state index in [4.69, 9.17) is 0 Å². The van der Waals surface area contributed by atoms with Crippen LogP contribution in [0.1, 0.15) is 18.1 Å². The zero-order chi connectivity index (χ0) is 9.68. The molecule has 0 aromatic carbocycles. The summed E-state index contributed by atoms with van der Waals surface area (Å²) < 4.78 is 0. The van der Waals surface area contributed by atoms with Crippen LogP contribution in [0.25, 0.3) is 0 Å². The maximum absolute atomic E-state index is 9.70. The summed E-state index contributed by atoms with van der Waals surface area (Å²) in [7, 11) is 3.99. The van der Waals surface area contributed by atoms with Crippen LogP contribution in [-0.2, 0) is 0 Å². The molecule has 0 fully saturated rings. The molecule has 0 saturated heterocycles. The number of aliphatic hydroxyl groups is 1. The van der Waals surface area contributed by atoms with Crippen LogP contribution in [0.2, 0.25) is 0 Å². The number of hydrogen-bond donors (Lipinski definition) is 1. The first-order chi connectivity index (χ1) is 6.20. The summed E-state index contributed by atoms with van der Waals surface area (Å²) in [5.41, 5.74) is 0.893. The molecule has 1 atom stereocenters. The Morgan fingerprint density at radius 2 is 2.31 bits per heavy atom. The monoisotopic (exact) mass is 180 g/mol. The van der Waals surface area contributed by atoms with Gasteiger partial charge in [-0.2, -0.15) is 0 Å². The Bertz CT molecular complexity index is 236. The predicted molar refractivity (Wildman–Crippen MR) is 52.4 cm³/mol. The number of aromatic nitrogens is 1. The minimum Gasteiger partial charge on any atom is -0.388 e. The topological polar surface area (TPSA) is 36.4 Å². The SMILES string of the molecule is CN(C)CC[C@H](O)c1cccnc1. The van der Waals surface area contributed by atoms with Crippen LogP contribution >= 0.6 is 0 Å². The van der Waals surface area contributed by atoms with Crippen molar-refractivity contribution in [2.24, 2.45) is 0 Å². The number of aliphatic hydroxyl groups excluding tert-OH is 1. The smallest absolute Gasteiger partial charge is 0.0817 e. The molecule has 0 radical (unpaired) electrons. The molecule has 0 spiro atoms. The van der Waals surface area contributed by atoms with Crippen LogP contribution in [0, 0.1) is 0 Å². The lowest BCUT2D eigenvalue weighted by atomic mass is 10.1. The number of nitrogens with zero attached hydrogens (tertiary/aromatic N) is 2. The third-order valence-electron chi connectivity index (χ3n) is 1.92. The summed E-state index contributed by atoms with van der Waals surface area (Å²) in [6.45, 7) is 0.885. The Labute approximate surface area is 79.0 Å². The van der Waals surface area contributed by atoms with Crippen molar-refractivity contribution >= 4 is 0 Å². The highest BCUT2D eigenvalue weighted by Crippen LogP contribution is 2.14. The van der Waals surface area contributed by atoms with Crippen molar-refractivity contribution in [3.63, 3.8) is 0 Å². The molecular formula is C10H16N2O. The summed E-state index contributed by atoms with van der Waals surface area (Å²) in [5.74, 6) is 0. The van der Waals surface area contributed by atoms with Crippen LogP contribution < -0.4 is 0 Å². The second-order valence-corrected chi connectivity index (χ2v) is 3.39. The number of pyridine rings is 1. The van der Waals surface area contributed by atoms with Gasteiger partial charge in [0.1, 0.15) is 0 Å². The Morgan fingerprint density at radius 1 is 1.54 bits per heavy atom. The third kappa shape index (κ3) is 3.53. The van der Waals surface area contributed by atoms with Gasteiger partial charge in [0.2, 0.25) is 0 Å². The van der Waals surface area contributed by atoms with Gasteiger partial charge in [0.25, 0.3) is 0 Å². The van der Waals surface area contributed by atoms with E-state index >= 15 is 0 Å². The molecule has 3 heteroatoms. The third-order valence-corrected chi connectivity index (χ3v) is 1.92. The fourth-order valence-corrected chi connectivity index (χ4v) is 1.12. The molecule has 0 bridgehead atoms.